The van der Waals surface area contributed by atoms with E-state index in [1.54, 1.807) is 0 Å². The Labute approximate surface area is 211 Å². The first-order valence-electron chi connectivity index (χ1n) is 12.2. The summed E-state index contributed by atoms with van der Waals surface area (Å²) in [7, 11) is -0.291. The molecular weight excluding hydrogens is 441 g/mol. The Kier molecular flexibility index (Phi) is 5.10. The molecule has 3 aliphatic rings. The predicted molar refractivity (Wildman–Crippen MR) is 149 cm³/mol. The third-order valence-corrected chi connectivity index (χ3v) is 6.85. The van der Waals surface area contributed by atoms with Crippen molar-refractivity contribution in [1.29, 1.82) is 0 Å². The molecule has 168 valence electrons. The summed E-state index contributed by atoms with van der Waals surface area (Å²) >= 11 is 0. The van der Waals surface area contributed by atoms with Crippen LogP contribution in [0, 0.1) is 0 Å². The zero-order valence-corrected chi connectivity index (χ0v) is 19.6. The topological polar surface area (TPSA) is 41.5 Å². The van der Waals surface area contributed by atoms with Crippen molar-refractivity contribution in [3.8, 4) is 22.6 Å². The van der Waals surface area contributed by atoms with E-state index in [9.17, 15) is 0 Å². The summed E-state index contributed by atoms with van der Waals surface area (Å²) in [5.41, 5.74) is 5.03. The molecule has 3 aromatic carbocycles. The SMILES string of the molecule is C1=CB2OB(c3ccc(-c4nc(-c5ccccc5)nc5ccccc45)cc3)N3C=CC=CB3N2C=C1. The van der Waals surface area contributed by atoms with Crippen molar-refractivity contribution in [3.63, 3.8) is 0 Å². The maximum absolute atomic E-state index is 6.54. The van der Waals surface area contributed by atoms with E-state index < -0.39 is 0 Å². The maximum Gasteiger partial charge on any atom is 0.426 e. The van der Waals surface area contributed by atoms with Crippen molar-refractivity contribution < 1.29 is 4.57 Å². The first-order chi connectivity index (χ1) is 17.8. The molecule has 1 saturated heterocycles. The Morgan fingerprint density at radius 3 is 2.25 bits per heavy atom. The molecule has 0 saturated carbocycles. The summed E-state index contributed by atoms with van der Waals surface area (Å²) in [6.07, 6.45) is 12.5. The van der Waals surface area contributed by atoms with Crippen LogP contribution in [0.1, 0.15) is 0 Å². The number of benzene rings is 3. The highest BCUT2D eigenvalue weighted by Crippen LogP contribution is 2.29. The molecule has 0 atom stereocenters. The van der Waals surface area contributed by atoms with Gasteiger partial charge in [-0.3, -0.25) is 0 Å². The van der Waals surface area contributed by atoms with Crippen molar-refractivity contribution in [1.82, 2.24) is 19.4 Å². The van der Waals surface area contributed by atoms with Gasteiger partial charge < -0.3 is 14.0 Å². The fraction of sp³-hybridized carbons (Fsp3) is 0. The first-order valence-corrected chi connectivity index (χ1v) is 12.2. The third-order valence-electron chi connectivity index (χ3n) is 6.85. The highest BCUT2D eigenvalue weighted by Gasteiger charge is 2.47. The molecule has 0 N–H and O–H groups in total. The molecule has 0 amide bonds. The molecule has 7 rings (SSSR count). The summed E-state index contributed by atoms with van der Waals surface area (Å²) in [6, 6.07) is 26.9. The summed E-state index contributed by atoms with van der Waals surface area (Å²) in [6.45, 7) is 0.110. The van der Waals surface area contributed by atoms with Gasteiger partial charge in [0.25, 0.3) is 0 Å². The largest absolute Gasteiger partial charge is 0.456 e. The molecule has 4 heterocycles. The first kappa shape index (κ1) is 21.0. The lowest BCUT2D eigenvalue weighted by Gasteiger charge is -2.47. The molecule has 1 fully saturated rings. The molecule has 0 radical (unpaired) electrons. The van der Waals surface area contributed by atoms with Crippen LogP contribution in [0.15, 0.2) is 128 Å². The molecule has 8 heteroatoms. The van der Waals surface area contributed by atoms with Crippen molar-refractivity contribution in [2.24, 2.45) is 0 Å². The second kappa shape index (κ2) is 8.74. The van der Waals surface area contributed by atoms with Gasteiger partial charge in [-0.15, -0.1) is 0 Å². The van der Waals surface area contributed by atoms with Crippen LogP contribution in [0.25, 0.3) is 33.5 Å². The Balaban J connectivity index is 1.27. The van der Waals surface area contributed by atoms with Crippen LogP contribution >= 0.6 is 0 Å². The minimum Gasteiger partial charge on any atom is -0.456 e. The van der Waals surface area contributed by atoms with E-state index in [2.05, 4.69) is 82.4 Å². The van der Waals surface area contributed by atoms with Gasteiger partial charge in [-0.05, 0) is 36.1 Å². The highest BCUT2D eigenvalue weighted by molar-refractivity contribution is 6.90. The molecule has 5 nitrogen and oxygen atoms in total. The van der Waals surface area contributed by atoms with E-state index in [-0.39, 0.29) is 21.1 Å². The predicted octanol–water partition coefficient (Wildman–Crippen LogP) is 4.52. The van der Waals surface area contributed by atoms with Gasteiger partial charge in [0.1, 0.15) is 0 Å². The second-order valence-electron chi connectivity index (χ2n) is 9.04. The minimum atomic E-state index is -0.190. The van der Waals surface area contributed by atoms with Gasteiger partial charge in [0.15, 0.2) is 5.82 Å². The average molecular weight is 462 g/mol. The monoisotopic (exact) mass is 462 g/mol. The molecule has 3 aliphatic heterocycles. The molecule has 4 aromatic rings. The van der Waals surface area contributed by atoms with Crippen molar-refractivity contribution in [2.75, 3.05) is 0 Å². The van der Waals surface area contributed by atoms with Gasteiger partial charge in [0, 0.05) is 16.5 Å². The number of fused-ring (bicyclic) bond motifs is 4. The molecule has 1 aromatic heterocycles. The lowest BCUT2D eigenvalue weighted by atomic mass is 9.48. The Hall–Kier alpha value is -4.29. The summed E-state index contributed by atoms with van der Waals surface area (Å²) in [5, 5.41) is 1.04. The van der Waals surface area contributed by atoms with Gasteiger partial charge in [-0.2, -0.15) is 0 Å². The van der Waals surface area contributed by atoms with Gasteiger partial charge in [-0.1, -0.05) is 96.9 Å². The molecule has 0 bridgehead atoms. The Morgan fingerprint density at radius 1 is 0.639 bits per heavy atom. The molecule has 0 spiro atoms. The van der Waals surface area contributed by atoms with E-state index in [1.807, 2.05) is 54.6 Å². The zero-order chi connectivity index (χ0) is 23.9. The van der Waals surface area contributed by atoms with Crippen LogP contribution in [0.5, 0.6) is 0 Å². The number of hydrogen-bond donors (Lipinski definition) is 0. The fourth-order valence-corrected chi connectivity index (χ4v) is 5.09. The molecular formula is C28H21B3N4O. The number of aromatic nitrogens is 2. The second-order valence-corrected chi connectivity index (χ2v) is 9.04. The van der Waals surface area contributed by atoms with Gasteiger partial charge in [-0.25, -0.2) is 9.97 Å². The van der Waals surface area contributed by atoms with E-state index in [1.165, 1.54) is 0 Å². The lowest BCUT2D eigenvalue weighted by molar-refractivity contribution is 0.476. The van der Waals surface area contributed by atoms with Gasteiger partial charge in [0.05, 0.1) is 11.2 Å². The number of allylic oxidation sites excluding steroid dienone is 4. The summed E-state index contributed by atoms with van der Waals surface area (Å²) in [5.74, 6) is 5.04. The smallest absolute Gasteiger partial charge is 0.426 e. The van der Waals surface area contributed by atoms with Crippen LogP contribution in [0.4, 0.5) is 0 Å². The van der Waals surface area contributed by atoms with Crippen molar-refractivity contribution in [2.45, 2.75) is 0 Å². The number of hydrogen-bond acceptors (Lipinski definition) is 5. The van der Waals surface area contributed by atoms with Crippen LogP contribution in [-0.4, -0.2) is 40.5 Å². The Morgan fingerprint density at radius 2 is 1.39 bits per heavy atom. The number of para-hydroxylation sites is 1. The highest BCUT2D eigenvalue weighted by atomic mass is 16.4. The average Bonchev–Trinajstić information content (AvgIpc) is 2.97. The van der Waals surface area contributed by atoms with Crippen molar-refractivity contribution >= 4 is 37.4 Å². The van der Waals surface area contributed by atoms with E-state index >= 15 is 0 Å². The molecule has 36 heavy (non-hydrogen) atoms. The van der Waals surface area contributed by atoms with E-state index in [0.717, 1.165) is 39.0 Å². The summed E-state index contributed by atoms with van der Waals surface area (Å²) < 4.78 is 11.0. The molecule has 0 aliphatic carbocycles. The Bertz CT molecular complexity index is 1550. The van der Waals surface area contributed by atoms with Crippen molar-refractivity contribution in [3.05, 3.63) is 128 Å². The minimum absolute atomic E-state index is 0.101. The standard InChI is InChI=1S/C28H21B3N4O/c1-2-10-23(11-3-1)28-32-26-13-5-4-12-25(26)27(33-28)22-14-16-24(17-15-22)31-35-21-8-6-18-29(35)34-20-9-7-19-30(34)36-31/h1-21H. The normalized spacial score (nSPS) is 16.1. The lowest BCUT2D eigenvalue weighted by Crippen LogP contribution is -2.70. The third kappa shape index (κ3) is 3.58. The van der Waals surface area contributed by atoms with Gasteiger partial charge >= 0.3 is 21.1 Å². The fourth-order valence-electron chi connectivity index (χ4n) is 5.09. The quantitative estimate of drug-likeness (QED) is 0.420. The number of rotatable bonds is 3. The van der Waals surface area contributed by atoms with Crippen LogP contribution in [-0.2, 0) is 4.57 Å². The van der Waals surface area contributed by atoms with E-state index in [0.29, 0.717) is 0 Å². The van der Waals surface area contributed by atoms with Crippen LogP contribution < -0.4 is 5.46 Å². The summed E-state index contributed by atoms with van der Waals surface area (Å²) in [4.78, 5) is 9.84. The van der Waals surface area contributed by atoms with Crippen LogP contribution in [0.3, 0.4) is 0 Å². The maximum atomic E-state index is 6.54. The van der Waals surface area contributed by atoms with E-state index in [4.69, 9.17) is 14.5 Å². The van der Waals surface area contributed by atoms with Gasteiger partial charge in [0.2, 0.25) is 0 Å². The van der Waals surface area contributed by atoms with Crippen LogP contribution in [0.2, 0.25) is 0 Å². The number of nitrogens with zero attached hydrogens (tertiary/aromatic N) is 4. The molecule has 0 unspecified atom stereocenters. The zero-order valence-electron chi connectivity index (χ0n) is 19.6.